The third-order valence-electron chi connectivity index (χ3n) is 7.91. The van der Waals surface area contributed by atoms with Gasteiger partial charge in [-0.2, -0.15) is 4.31 Å². The highest BCUT2D eigenvalue weighted by molar-refractivity contribution is 7.89. The van der Waals surface area contributed by atoms with Crippen molar-refractivity contribution >= 4 is 21.6 Å². The SMILES string of the molecule is C=C[C@@H]1CN(S(=O)(=O)c2ccc(C)cc2)[C@@H](C2CCCCC2)C12C(=O)c1ccccc1C2=O. The predicted molar refractivity (Wildman–Crippen MR) is 127 cm³/mol. The number of carbonyl (C=O) groups excluding carboxylic acids is 2. The molecule has 2 aliphatic carbocycles. The maximum Gasteiger partial charge on any atom is 0.243 e. The van der Waals surface area contributed by atoms with Gasteiger partial charge in [0.2, 0.25) is 10.0 Å². The number of rotatable bonds is 4. The van der Waals surface area contributed by atoms with Gasteiger partial charge >= 0.3 is 0 Å². The number of hydrogen-bond donors (Lipinski definition) is 0. The Kier molecular flexibility index (Phi) is 5.41. The zero-order valence-corrected chi connectivity index (χ0v) is 19.7. The highest BCUT2D eigenvalue weighted by atomic mass is 32.2. The highest BCUT2D eigenvalue weighted by Crippen LogP contribution is 2.56. The van der Waals surface area contributed by atoms with Crippen molar-refractivity contribution in [3.63, 3.8) is 0 Å². The van der Waals surface area contributed by atoms with Crippen molar-refractivity contribution in [1.82, 2.24) is 4.31 Å². The van der Waals surface area contributed by atoms with Crippen LogP contribution in [0.1, 0.15) is 58.4 Å². The third kappa shape index (κ3) is 3.11. The Labute approximate surface area is 195 Å². The van der Waals surface area contributed by atoms with Gasteiger partial charge in [-0.25, -0.2) is 8.42 Å². The lowest BCUT2D eigenvalue weighted by Gasteiger charge is -2.40. The molecule has 2 aromatic rings. The van der Waals surface area contributed by atoms with Crippen LogP contribution in [-0.4, -0.2) is 36.9 Å². The summed E-state index contributed by atoms with van der Waals surface area (Å²) in [6.45, 7) is 5.95. The summed E-state index contributed by atoms with van der Waals surface area (Å²) in [5.41, 5.74) is 0.344. The molecule has 0 amide bonds. The number of ketones is 2. The molecule has 0 bridgehead atoms. The topological polar surface area (TPSA) is 71.5 Å². The fourth-order valence-corrected chi connectivity index (χ4v) is 8.09. The maximum absolute atomic E-state index is 14.0. The second-order valence-electron chi connectivity index (χ2n) is 9.65. The minimum Gasteiger partial charge on any atom is -0.293 e. The van der Waals surface area contributed by atoms with Gasteiger partial charge in [0.1, 0.15) is 5.41 Å². The lowest BCUT2D eigenvalue weighted by molar-refractivity contribution is 0.0521. The molecule has 3 aliphatic rings. The second kappa shape index (κ2) is 8.03. The van der Waals surface area contributed by atoms with Gasteiger partial charge in [0.05, 0.1) is 4.90 Å². The van der Waals surface area contributed by atoms with E-state index in [0.717, 1.165) is 37.7 Å². The molecule has 0 N–H and O–H groups in total. The van der Waals surface area contributed by atoms with Crippen LogP contribution in [0.4, 0.5) is 0 Å². The molecule has 2 aromatic carbocycles. The number of fused-ring (bicyclic) bond motifs is 1. The van der Waals surface area contributed by atoms with Crippen LogP contribution < -0.4 is 0 Å². The van der Waals surface area contributed by atoms with Crippen LogP contribution in [0.15, 0.2) is 66.1 Å². The first-order chi connectivity index (χ1) is 15.8. The van der Waals surface area contributed by atoms with Crippen LogP contribution in [0, 0.1) is 24.2 Å². The van der Waals surface area contributed by atoms with Gasteiger partial charge < -0.3 is 0 Å². The molecule has 1 saturated carbocycles. The first-order valence-corrected chi connectivity index (χ1v) is 13.2. The third-order valence-corrected chi connectivity index (χ3v) is 9.78. The van der Waals surface area contributed by atoms with Crippen molar-refractivity contribution in [2.45, 2.75) is 50.0 Å². The molecule has 1 heterocycles. The Hall–Kier alpha value is -2.57. The Balaban J connectivity index is 1.71. The maximum atomic E-state index is 14.0. The Bertz CT molecular complexity index is 1190. The lowest BCUT2D eigenvalue weighted by atomic mass is 9.64. The molecule has 5 rings (SSSR count). The molecule has 1 aliphatic heterocycles. The zero-order chi connectivity index (χ0) is 23.4. The number of nitrogens with zero attached hydrogens (tertiary/aromatic N) is 1. The summed E-state index contributed by atoms with van der Waals surface area (Å²) in [5.74, 6) is -1.11. The largest absolute Gasteiger partial charge is 0.293 e. The zero-order valence-electron chi connectivity index (χ0n) is 18.9. The van der Waals surface area contributed by atoms with Gasteiger partial charge in [-0.05, 0) is 37.8 Å². The molecule has 33 heavy (non-hydrogen) atoms. The minimum absolute atomic E-state index is 0.0499. The van der Waals surface area contributed by atoms with Crippen LogP contribution >= 0.6 is 0 Å². The van der Waals surface area contributed by atoms with Crippen molar-refractivity contribution in [1.29, 1.82) is 0 Å². The summed E-state index contributed by atoms with van der Waals surface area (Å²) in [5, 5.41) is 0. The average molecular weight is 464 g/mol. The van der Waals surface area contributed by atoms with Crippen LogP contribution in [0.3, 0.4) is 0 Å². The molecule has 6 heteroatoms. The number of hydrogen-bond acceptors (Lipinski definition) is 4. The van der Waals surface area contributed by atoms with E-state index in [4.69, 9.17) is 0 Å². The van der Waals surface area contributed by atoms with E-state index >= 15 is 0 Å². The first kappa shape index (κ1) is 22.2. The normalized spacial score (nSPS) is 25.5. The Morgan fingerprint density at radius 1 is 0.939 bits per heavy atom. The quantitative estimate of drug-likeness (QED) is 0.482. The number of carbonyl (C=O) groups is 2. The summed E-state index contributed by atoms with van der Waals surface area (Å²) < 4.78 is 29.4. The van der Waals surface area contributed by atoms with Gasteiger partial charge in [-0.15, -0.1) is 6.58 Å². The summed E-state index contributed by atoms with van der Waals surface area (Å²) in [6, 6.07) is 13.0. The van der Waals surface area contributed by atoms with E-state index in [1.807, 2.05) is 6.92 Å². The molecule has 2 fully saturated rings. The van der Waals surface area contributed by atoms with Gasteiger partial charge in [0.15, 0.2) is 11.6 Å². The highest BCUT2D eigenvalue weighted by Gasteiger charge is 2.69. The number of sulfonamides is 1. The van der Waals surface area contributed by atoms with Crippen LogP contribution in [-0.2, 0) is 10.0 Å². The van der Waals surface area contributed by atoms with E-state index < -0.39 is 27.4 Å². The standard InChI is InChI=1S/C27H29NO4S/c1-3-20-17-28(33(31,32)21-15-13-18(2)14-16-21)24(19-9-5-4-6-10-19)27(20)25(29)22-11-7-8-12-23(22)26(27)30/h3,7-8,11-16,19-20,24H,1,4-6,9-10,17H2,2H3/t20-,24+/m1/s1. The van der Waals surface area contributed by atoms with Crippen molar-refractivity contribution in [2.24, 2.45) is 17.3 Å². The Morgan fingerprint density at radius 2 is 1.52 bits per heavy atom. The van der Waals surface area contributed by atoms with E-state index in [9.17, 15) is 18.0 Å². The molecule has 5 nitrogen and oxygen atoms in total. The molecular weight excluding hydrogens is 434 g/mol. The number of Topliss-reactive ketones (excluding diaryl/α,β-unsaturated/α-hetero) is 2. The summed E-state index contributed by atoms with van der Waals surface area (Å²) in [4.78, 5) is 28.2. The van der Waals surface area contributed by atoms with Crippen LogP contribution in [0.5, 0.6) is 0 Å². The molecule has 172 valence electrons. The molecule has 0 unspecified atom stereocenters. The van der Waals surface area contributed by atoms with Gasteiger partial charge in [0.25, 0.3) is 0 Å². The monoisotopic (exact) mass is 463 g/mol. The number of aryl methyl sites for hydroxylation is 1. The molecule has 1 saturated heterocycles. The van der Waals surface area contributed by atoms with Crippen LogP contribution in [0.2, 0.25) is 0 Å². The summed E-state index contributed by atoms with van der Waals surface area (Å²) in [7, 11) is -3.91. The molecule has 1 spiro atoms. The fraction of sp³-hybridized carbons (Fsp3) is 0.407. The average Bonchev–Trinajstić information content (AvgIpc) is 3.30. The smallest absolute Gasteiger partial charge is 0.243 e. The van der Waals surface area contributed by atoms with E-state index in [2.05, 4.69) is 6.58 Å². The molecule has 2 atom stereocenters. The van der Waals surface area contributed by atoms with Crippen molar-refractivity contribution in [2.75, 3.05) is 6.54 Å². The van der Waals surface area contributed by atoms with E-state index in [-0.39, 0.29) is 28.9 Å². The summed E-state index contributed by atoms with van der Waals surface area (Å²) in [6.07, 6.45) is 6.30. The Morgan fingerprint density at radius 3 is 2.06 bits per heavy atom. The predicted octanol–water partition coefficient (Wildman–Crippen LogP) is 4.82. The van der Waals surface area contributed by atoms with Gasteiger partial charge in [-0.1, -0.05) is 67.3 Å². The summed E-state index contributed by atoms with van der Waals surface area (Å²) >= 11 is 0. The van der Waals surface area contributed by atoms with Crippen molar-refractivity contribution in [3.05, 3.63) is 77.9 Å². The van der Waals surface area contributed by atoms with Crippen molar-refractivity contribution < 1.29 is 18.0 Å². The van der Waals surface area contributed by atoms with Crippen molar-refractivity contribution in [3.8, 4) is 0 Å². The fourth-order valence-electron chi connectivity index (χ4n) is 6.34. The second-order valence-corrected chi connectivity index (χ2v) is 11.5. The van der Waals surface area contributed by atoms with E-state index in [1.54, 1.807) is 54.6 Å². The minimum atomic E-state index is -3.91. The van der Waals surface area contributed by atoms with Gasteiger partial charge in [0, 0.05) is 29.6 Å². The number of benzene rings is 2. The first-order valence-electron chi connectivity index (χ1n) is 11.7. The van der Waals surface area contributed by atoms with E-state index in [0.29, 0.717) is 11.1 Å². The lowest BCUT2D eigenvalue weighted by Crippen LogP contribution is -2.54. The van der Waals surface area contributed by atoms with Gasteiger partial charge in [-0.3, -0.25) is 9.59 Å². The molecular formula is C27H29NO4S. The molecule has 0 radical (unpaired) electrons. The van der Waals surface area contributed by atoms with Crippen LogP contribution in [0.25, 0.3) is 0 Å². The molecule has 0 aromatic heterocycles. The van der Waals surface area contributed by atoms with E-state index in [1.165, 1.54) is 4.31 Å².